The lowest BCUT2D eigenvalue weighted by molar-refractivity contribution is 0.0822. The van der Waals surface area contributed by atoms with Crippen LogP contribution in [0.25, 0.3) is 17.3 Å². The van der Waals surface area contributed by atoms with E-state index in [1.165, 1.54) is 4.90 Å². The summed E-state index contributed by atoms with van der Waals surface area (Å²) in [4.78, 5) is 19.1. The maximum Gasteiger partial charge on any atom is 0.271 e. The summed E-state index contributed by atoms with van der Waals surface area (Å²) in [6.07, 6.45) is 4.44. The number of aliphatic hydroxyl groups is 1. The van der Waals surface area contributed by atoms with Gasteiger partial charge in [-0.1, -0.05) is 30.4 Å². The average Bonchev–Trinajstić information content (AvgIpc) is 3.10. The molecule has 0 fully saturated rings. The van der Waals surface area contributed by atoms with Gasteiger partial charge in [-0.2, -0.15) is 0 Å². The minimum Gasteiger partial charge on any atom is -0.396 e. The van der Waals surface area contributed by atoms with E-state index in [2.05, 4.69) is 0 Å². The number of rotatable bonds is 6. The van der Waals surface area contributed by atoms with Crippen LogP contribution in [0, 0.1) is 0 Å². The zero-order valence-electron chi connectivity index (χ0n) is 19.8. The van der Waals surface area contributed by atoms with Crippen molar-refractivity contribution in [2.45, 2.75) is 51.4 Å². The molecule has 3 rings (SSSR count). The predicted molar refractivity (Wildman–Crippen MR) is 130 cm³/mol. The minimum atomic E-state index is -1.28. The number of hydrogen-bond donors (Lipinski definition) is 1. The Morgan fingerprint density at radius 1 is 1.31 bits per heavy atom. The summed E-state index contributed by atoms with van der Waals surface area (Å²) >= 11 is 0. The van der Waals surface area contributed by atoms with Crippen LogP contribution < -0.4 is 0 Å². The Balaban J connectivity index is 2.25. The molecular formula is C25H33N3O3S. The second kappa shape index (κ2) is 9.65. The normalized spacial score (nSPS) is 17.5. The summed E-state index contributed by atoms with van der Waals surface area (Å²) in [7, 11) is 2.13. The Labute approximate surface area is 193 Å². The zero-order chi connectivity index (χ0) is 23.6. The molecule has 0 saturated carbocycles. The van der Waals surface area contributed by atoms with Gasteiger partial charge in [0.1, 0.15) is 16.7 Å². The van der Waals surface area contributed by atoms with Gasteiger partial charge in [0.25, 0.3) is 5.91 Å². The SMILES string of the molecule is CC=Cc1cccc(-c2nc(C(=O)N(C)C)cc3c2[C@H](CCO)N([S@@](=O)C(C)(C)C)C3)c1. The van der Waals surface area contributed by atoms with Gasteiger partial charge in [0.05, 0.1) is 16.5 Å². The summed E-state index contributed by atoms with van der Waals surface area (Å²) in [6.45, 7) is 8.23. The molecule has 0 spiro atoms. The maximum atomic E-state index is 13.4. The molecule has 172 valence electrons. The molecule has 1 aromatic heterocycles. The van der Waals surface area contributed by atoms with Crippen molar-refractivity contribution in [3.8, 4) is 11.3 Å². The molecule has 0 unspecified atom stereocenters. The lowest BCUT2D eigenvalue weighted by atomic mass is 9.95. The van der Waals surface area contributed by atoms with Crippen LogP contribution in [0.3, 0.4) is 0 Å². The van der Waals surface area contributed by atoms with E-state index in [9.17, 15) is 14.1 Å². The summed E-state index contributed by atoms with van der Waals surface area (Å²) < 4.78 is 14.9. The van der Waals surface area contributed by atoms with Crippen LogP contribution in [0.5, 0.6) is 0 Å². The fourth-order valence-corrected chi connectivity index (χ4v) is 5.41. The topological polar surface area (TPSA) is 73.7 Å². The molecule has 0 aliphatic carbocycles. The maximum absolute atomic E-state index is 13.4. The van der Waals surface area contributed by atoms with Gasteiger partial charge in [0.15, 0.2) is 0 Å². The van der Waals surface area contributed by atoms with Crippen LogP contribution in [-0.2, 0) is 17.5 Å². The second-order valence-corrected chi connectivity index (χ2v) is 11.4. The predicted octanol–water partition coefficient (Wildman–Crippen LogP) is 4.18. The summed E-state index contributed by atoms with van der Waals surface area (Å²) in [5.74, 6) is -0.173. The second-order valence-electron chi connectivity index (χ2n) is 9.22. The summed E-state index contributed by atoms with van der Waals surface area (Å²) in [5, 5.41) is 9.83. The molecule has 0 radical (unpaired) electrons. The van der Waals surface area contributed by atoms with Crippen molar-refractivity contribution in [1.82, 2.24) is 14.2 Å². The fourth-order valence-electron chi connectivity index (χ4n) is 4.01. The number of allylic oxidation sites excluding steroid dienone is 1. The third-order valence-electron chi connectivity index (χ3n) is 5.44. The van der Waals surface area contributed by atoms with Crippen LogP contribution in [0.4, 0.5) is 0 Å². The zero-order valence-corrected chi connectivity index (χ0v) is 20.6. The number of fused-ring (bicyclic) bond motifs is 1. The van der Waals surface area contributed by atoms with Gasteiger partial charge in [-0.15, -0.1) is 0 Å². The lowest BCUT2D eigenvalue weighted by Crippen LogP contribution is -2.36. The number of pyridine rings is 1. The molecule has 1 aliphatic rings. The molecule has 32 heavy (non-hydrogen) atoms. The molecule has 1 N–H and O–H groups in total. The smallest absolute Gasteiger partial charge is 0.271 e. The van der Waals surface area contributed by atoms with Crippen LogP contribution in [0.1, 0.15) is 67.3 Å². The minimum absolute atomic E-state index is 0.0294. The molecule has 2 atom stereocenters. The molecule has 0 saturated heterocycles. The number of carbonyl (C=O) groups is 1. The number of aromatic nitrogens is 1. The highest BCUT2D eigenvalue weighted by atomic mass is 32.2. The van der Waals surface area contributed by atoms with E-state index in [-0.39, 0.29) is 18.6 Å². The van der Waals surface area contributed by atoms with E-state index in [4.69, 9.17) is 4.98 Å². The Kier molecular flexibility index (Phi) is 7.32. The number of benzene rings is 1. The number of aliphatic hydroxyl groups excluding tert-OH is 1. The van der Waals surface area contributed by atoms with Crippen molar-refractivity contribution >= 4 is 23.0 Å². The number of nitrogens with zero attached hydrogens (tertiary/aromatic N) is 3. The molecule has 1 aliphatic heterocycles. The van der Waals surface area contributed by atoms with Gasteiger partial charge in [-0.25, -0.2) is 13.5 Å². The highest BCUT2D eigenvalue weighted by molar-refractivity contribution is 7.84. The van der Waals surface area contributed by atoms with Gasteiger partial charge >= 0.3 is 0 Å². The third kappa shape index (κ3) is 4.85. The van der Waals surface area contributed by atoms with Crippen molar-refractivity contribution in [2.75, 3.05) is 20.7 Å². The molecule has 2 aromatic rings. The fraction of sp³-hybridized carbons (Fsp3) is 0.440. The molecule has 2 heterocycles. The lowest BCUT2D eigenvalue weighted by Gasteiger charge is -2.30. The quantitative estimate of drug-likeness (QED) is 0.709. The average molecular weight is 456 g/mol. The van der Waals surface area contributed by atoms with E-state index in [0.717, 1.165) is 22.3 Å². The van der Waals surface area contributed by atoms with Crippen LogP contribution in [0.15, 0.2) is 36.4 Å². The molecular weight excluding hydrogens is 422 g/mol. The number of hydrogen-bond acceptors (Lipinski definition) is 4. The molecule has 7 heteroatoms. The molecule has 1 amide bonds. The van der Waals surface area contributed by atoms with E-state index in [1.54, 1.807) is 14.1 Å². The van der Waals surface area contributed by atoms with Gasteiger partial charge in [0.2, 0.25) is 0 Å². The molecule has 1 aromatic carbocycles. The van der Waals surface area contributed by atoms with Crippen LogP contribution >= 0.6 is 0 Å². The highest BCUT2D eigenvalue weighted by Crippen LogP contribution is 2.44. The van der Waals surface area contributed by atoms with E-state index >= 15 is 0 Å². The first-order chi connectivity index (χ1) is 15.1. The van der Waals surface area contributed by atoms with Crippen molar-refractivity contribution in [3.63, 3.8) is 0 Å². The van der Waals surface area contributed by atoms with Gasteiger partial charge in [-0.05, 0) is 57.4 Å². The van der Waals surface area contributed by atoms with Gasteiger partial charge in [-0.3, -0.25) is 4.79 Å². The Morgan fingerprint density at radius 3 is 2.62 bits per heavy atom. The van der Waals surface area contributed by atoms with E-state index in [1.807, 2.05) is 74.5 Å². The molecule has 6 nitrogen and oxygen atoms in total. The van der Waals surface area contributed by atoms with Crippen LogP contribution in [0.2, 0.25) is 0 Å². The largest absolute Gasteiger partial charge is 0.396 e. The standard InChI is InChI=1S/C25H33N3O3S/c1-7-9-17-10-8-11-18(14-17)23-22-19(15-20(26-23)24(30)27(5)6)16-28(21(22)12-13-29)32(31)25(2,3)4/h7-11,14-15,21,29H,12-13,16H2,1-6H3/t21-,32-/m0/s1. The highest BCUT2D eigenvalue weighted by Gasteiger charge is 2.40. The van der Waals surface area contributed by atoms with Gasteiger partial charge in [0, 0.05) is 38.4 Å². The van der Waals surface area contributed by atoms with Crippen molar-refractivity contribution in [3.05, 3.63) is 58.8 Å². The Morgan fingerprint density at radius 2 is 2.03 bits per heavy atom. The van der Waals surface area contributed by atoms with Crippen molar-refractivity contribution in [1.29, 1.82) is 0 Å². The first-order valence-electron chi connectivity index (χ1n) is 10.9. The Hall–Kier alpha value is -2.35. The monoisotopic (exact) mass is 455 g/mol. The van der Waals surface area contributed by atoms with Gasteiger partial charge < -0.3 is 10.0 Å². The summed E-state index contributed by atoms with van der Waals surface area (Å²) in [5.41, 5.74) is 4.91. The Bertz CT molecular complexity index is 1060. The summed E-state index contributed by atoms with van der Waals surface area (Å²) in [6, 6.07) is 9.60. The van der Waals surface area contributed by atoms with Crippen LogP contribution in [-0.4, -0.2) is 54.9 Å². The third-order valence-corrected chi connectivity index (χ3v) is 7.29. The van der Waals surface area contributed by atoms with Crippen molar-refractivity contribution < 1.29 is 14.1 Å². The first-order valence-corrected chi connectivity index (χ1v) is 12.0. The molecule has 0 bridgehead atoms. The van der Waals surface area contributed by atoms with Crippen molar-refractivity contribution in [2.24, 2.45) is 0 Å². The van der Waals surface area contributed by atoms with E-state index in [0.29, 0.717) is 24.4 Å². The number of carbonyl (C=O) groups excluding carboxylic acids is 1. The van der Waals surface area contributed by atoms with E-state index < -0.39 is 15.7 Å². The first kappa shape index (κ1) is 24.3. The number of amides is 1.